The second-order valence-electron chi connectivity index (χ2n) is 3.79. The van der Waals surface area contributed by atoms with Gasteiger partial charge in [-0.15, -0.1) is 6.42 Å². The molecule has 1 aromatic heterocycles. The average molecular weight is 270 g/mol. The van der Waals surface area contributed by atoms with E-state index in [1.807, 2.05) is 0 Å². The van der Waals surface area contributed by atoms with Crippen molar-refractivity contribution in [3.05, 3.63) is 11.4 Å². The maximum atomic E-state index is 12.5. The van der Waals surface area contributed by atoms with E-state index in [1.165, 1.54) is 4.31 Å². The molecule has 2 N–H and O–H groups in total. The van der Waals surface area contributed by atoms with Crippen molar-refractivity contribution >= 4 is 10.0 Å². The summed E-state index contributed by atoms with van der Waals surface area (Å²) < 4.78 is 26.2. The molecule has 0 saturated heterocycles. The van der Waals surface area contributed by atoms with Gasteiger partial charge in [-0.05, 0) is 14.0 Å². The lowest BCUT2D eigenvalue weighted by Crippen LogP contribution is -2.32. The summed E-state index contributed by atoms with van der Waals surface area (Å²) >= 11 is 0. The molecule has 0 fully saturated rings. The van der Waals surface area contributed by atoms with Crippen molar-refractivity contribution in [3.63, 3.8) is 0 Å². The van der Waals surface area contributed by atoms with E-state index >= 15 is 0 Å². The highest BCUT2D eigenvalue weighted by atomic mass is 32.2. The van der Waals surface area contributed by atoms with Crippen molar-refractivity contribution in [2.75, 3.05) is 20.1 Å². The van der Waals surface area contributed by atoms with Crippen molar-refractivity contribution in [2.45, 2.75) is 25.3 Å². The second-order valence-corrected chi connectivity index (χ2v) is 5.66. The SMILES string of the molecule is C#CCN(CC)S(=O)(=O)c1c(CNC)n[nH]c1C. The molecular weight excluding hydrogens is 252 g/mol. The molecule has 18 heavy (non-hydrogen) atoms. The number of nitrogens with zero attached hydrogens (tertiary/aromatic N) is 2. The number of aromatic nitrogens is 2. The van der Waals surface area contributed by atoms with Gasteiger partial charge >= 0.3 is 0 Å². The zero-order valence-electron chi connectivity index (χ0n) is 10.8. The summed E-state index contributed by atoms with van der Waals surface area (Å²) in [5.74, 6) is 2.36. The zero-order chi connectivity index (χ0) is 13.8. The highest BCUT2D eigenvalue weighted by molar-refractivity contribution is 7.89. The van der Waals surface area contributed by atoms with Gasteiger partial charge in [0, 0.05) is 13.1 Å². The molecule has 6 nitrogen and oxygen atoms in total. The Bertz CT molecular complexity index is 542. The van der Waals surface area contributed by atoms with Gasteiger partial charge in [0.15, 0.2) is 0 Å². The van der Waals surface area contributed by atoms with Crippen LogP contribution in [0.5, 0.6) is 0 Å². The van der Waals surface area contributed by atoms with E-state index in [0.717, 1.165) is 0 Å². The van der Waals surface area contributed by atoms with Crippen LogP contribution in [-0.4, -0.2) is 43.1 Å². The summed E-state index contributed by atoms with van der Waals surface area (Å²) in [5.41, 5.74) is 1.00. The number of terminal acetylenes is 1. The Kier molecular flexibility index (Phi) is 4.90. The number of hydrogen-bond acceptors (Lipinski definition) is 4. The molecular formula is C11H18N4O2S. The fourth-order valence-electron chi connectivity index (χ4n) is 1.70. The third-order valence-corrected chi connectivity index (χ3v) is 4.65. The van der Waals surface area contributed by atoms with E-state index in [4.69, 9.17) is 6.42 Å². The molecule has 0 aliphatic rings. The molecule has 1 aromatic rings. The first-order valence-corrected chi connectivity index (χ1v) is 7.05. The first-order chi connectivity index (χ1) is 8.48. The highest BCUT2D eigenvalue weighted by Gasteiger charge is 2.29. The number of aryl methyl sites for hydroxylation is 1. The molecule has 0 radical (unpaired) electrons. The molecule has 100 valence electrons. The van der Waals surface area contributed by atoms with E-state index in [2.05, 4.69) is 21.4 Å². The molecule has 1 rings (SSSR count). The Morgan fingerprint density at radius 1 is 1.56 bits per heavy atom. The van der Waals surface area contributed by atoms with E-state index in [-0.39, 0.29) is 11.4 Å². The van der Waals surface area contributed by atoms with Crippen molar-refractivity contribution in [1.82, 2.24) is 19.8 Å². The van der Waals surface area contributed by atoms with Crippen LogP contribution in [-0.2, 0) is 16.6 Å². The van der Waals surface area contributed by atoms with Crippen LogP contribution in [0.3, 0.4) is 0 Å². The minimum atomic E-state index is -3.60. The first kappa shape index (κ1) is 14.7. The molecule has 0 spiro atoms. The van der Waals surface area contributed by atoms with Gasteiger partial charge in [0.25, 0.3) is 0 Å². The third kappa shape index (κ3) is 2.72. The van der Waals surface area contributed by atoms with E-state index in [0.29, 0.717) is 24.5 Å². The minimum absolute atomic E-state index is 0.0580. The fourth-order valence-corrected chi connectivity index (χ4v) is 3.39. The lowest BCUT2D eigenvalue weighted by molar-refractivity contribution is 0.462. The van der Waals surface area contributed by atoms with Gasteiger partial charge in [-0.2, -0.15) is 9.40 Å². The molecule has 7 heteroatoms. The van der Waals surface area contributed by atoms with Gasteiger partial charge in [0.1, 0.15) is 4.90 Å². The van der Waals surface area contributed by atoms with Gasteiger partial charge < -0.3 is 5.32 Å². The standard InChI is InChI=1S/C11H18N4O2S/c1-5-7-15(6-2)18(16,17)11-9(3)13-14-10(11)8-12-4/h1,12H,6-8H2,2-4H3,(H,13,14). The maximum absolute atomic E-state index is 12.5. The number of aromatic amines is 1. The Hall–Kier alpha value is -1.36. The topological polar surface area (TPSA) is 78.1 Å². The average Bonchev–Trinajstić information content (AvgIpc) is 2.68. The molecule has 0 aliphatic heterocycles. The second kappa shape index (κ2) is 6.00. The monoisotopic (exact) mass is 270 g/mol. The minimum Gasteiger partial charge on any atom is -0.314 e. The lowest BCUT2D eigenvalue weighted by atomic mass is 10.4. The number of nitrogens with one attached hydrogen (secondary N) is 2. The molecule has 0 unspecified atom stereocenters. The van der Waals surface area contributed by atoms with Crippen molar-refractivity contribution < 1.29 is 8.42 Å². The summed E-state index contributed by atoms with van der Waals surface area (Å²) in [4.78, 5) is 0.217. The number of H-pyrrole nitrogens is 1. The normalized spacial score (nSPS) is 11.7. The Morgan fingerprint density at radius 3 is 2.72 bits per heavy atom. The molecule has 1 heterocycles. The van der Waals surface area contributed by atoms with Crippen molar-refractivity contribution in [1.29, 1.82) is 0 Å². The highest BCUT2D eigenvalue weighted by Crippen LogP contribution is 2.21. The van der Waals surface area contributed by atoms with Crippen LogP contribution < -0.4 is 5.32 Å². The molecule has 0 amide bonds. The maximum Gasteiger partial charge on any atom is 0.247 e. The lowest BCUT2D eigenvalue weighted by Gasteiger charge is -2.18. The summed E-state index contributed by atoms with van der Waals surface area (Å²) in [6.45, 7) is 4.20. The van der Waals surface area contributed by atoms with E-state index in [9.17, 15) is 8.42 Å². The Labute approximate surface area is 108 Å². The van der Waals surface area contributed by atoms with Crippen LogP contribution in [0, 0.1) is 19.3 Å². The van der Waals surface area contributed by atoms with Crippen LogP contribution in [0.25, 0.3) is 0 Å². The molecule has 0 saturated carbocycles. The van der Waals surface area contributed by atoms with Gasteiger partial charge in [0.2, 0.25) is 10.0 Å². The number of sulfonamides is 1. The van der Waals surface area contributed by atoms with Gasteiger partial charge in [0.05, 0.1) is 17.9 Å². The summed E-state index contributed by atoms with van der Waals surface area (Å²) in [6, 6.07) is 0. The van der Waals surface area contributed by atoms with Gasteiger partial charge in [-0.25, -0.2) is 8.42 Å². The van der Waals surface area contributed by atoms with Gasteiger partial charge in [-0.1, -0.05) is 12.8 Å². The predicted octanol–water partition coefficient (Wildman–Crippen LogP) is 0.0813. The van der Waals surface area contributed by atoms with Crippen LogP contribution in [0.15, 0.2) is 4.90 Å². The van der Waals surface area contributed by atoms with Crippen molar-refractivity contribution in [3.8, 4) is 12.3 Å². The van der Waals surface area contributed by atoms with Crippen LogP contribution in [0.4, 0.5) is 0 Å². The van der Waals surface area contributed by atoms with Crippen LogP contribution in [0.1, 0.15) is 18.3 Å². The predicted molar refractivity (Wildman–Crippen MR) is 69.4 cm³/mol. The molecule has 0 bridgehead atoms. The quantitative estimate of drug-likeness (QED) is 0.718. The summed E-state index contributed by atoms with van der Waals surface area (Å²) in [7, 11) is -1.86. The fraction of sp³-hybridized carbons (Fsp3) is 0.545. The van der Waals surface area contributed by atoms with Crippen LogP contribution in [0.2, 0.25) is 0 Å². The largest absolute Gasteiger partial charge is 0.314 e. The Balaban J connectivity index is 3.27. The number of rotatable bonds is 6. The van der Waals surface area contributed by atoms with E-state index in [1.54, 1.807) is 20.9 Å². The zero-order valence-corrected chi connectivity index (χ0v) is 11.6. The van der Waals surface area contributed by atoms with E-state index < -0.39 is 10.0 Å². The molecule has 0 aromatic carbocycles. The van der Waals surface area contributed by atoms with Crippen LogP contribution >= 0.6 is 0 Å². The van der Waals surface area contributed by atoms with Crippen molar-refractivity contribution in [2.24, 2.45) is 0 Å². The molecule has 0 atom stereocenters. The smallest absolute Gasteiger partial charge is 0.247 e. The summed E-state index contributed by atoms with van der Waals surface area (Å²) in [5, 5.41) is 9.60. The Morgan fingerprint density at radius 2 is 2.22 bits per heavy atom. The number of hydrogen-bond donors (Lipinski definition) is 2. The first-order valence-electron chi connectivity index (χ1n) is 5.61. The molecule has 0 aliphatic carbocycles. The van der Waals surface area contributed by atoms with Gasteiger partial charge in [-0.3, -0.25) is 5.10 Å². The third-order valence-electron chi connectivity index (χ3n) is 2.52. The summed E-state index contributed by atoms with van der Waals surface area (Å²) in [6.07, 6.45) is 5.20.